The van der Waals surface area contributed by atoms with E-state index in [9.17, 15) is 4.79 Å². The molecule has 0 atom stereocenters. The van der Waals surface area contributed by atoms with Gasteiger partial charge in [0.1, 0.15) is 22.3 Å². The van der Waals surface area contributed by atoms with Crippen LogP contribution in [-0.2, 0) is 4.79 Å². The lowest BCUT2D eigenvalue weighted by atomic mass is 10.0. The average molecular weight is 483 g/mol. The molecule has 0 radical (unpaired) electrons. The first-order chi connectivity index (χ1) is 16.6. The minimum absolute atomic E-state index is 0.0669. The zero-order chi connectivity index (χ0) is 23.9. The third-order valence-corrected chi connectivity index (χ3v) is 6.86. The molecule has 1 saturated heterocycles. The topological polar surface area (TPSA) is 87.4 Å². The summed E-state index contributed by atoms with van der Waals surface area (Å²) in [5.41, 5.74) is 0.664. The quantitative estimate of drug-likeness (QED) is 0.448. The van der Waals surface area contributed by atoms with Crippen LogP contribution in [0.3, 0.4) is 0 Å². The number of anilines is 1. The molecule has 0 spiro atoms. The molecular weight excluding hydrogens is 448 g/mol. The van der Waals surface area contributed by atoms with Crippen LogP contribution in [0.2, 0.25) is 0 Å². The van der Waals surface area contributed by atoms with Crippen molar-refractivity contribution < 1.29 is 9.21 Å². The van der Waals surface area contributed by atoms with Gasteiger partial charge in [-0.1, -0.05) is 13.8 Å². The fourth-order valence-corrected chi connectivity index (χ4v) is 5.11. The van der Waals surface area contributed by atoms with Gasteiger partial charge in [-0.05, 0) is 57.8 Å². The maximum absolute atomic E-state index is 12.9. The summed E-state index contributed by atoms with van der Waals surface area (Å²) in [4.78, 5) is 31.3. The molecule has 4 rings (SSSR count). The van der Waals surface area contributed by atoms with Crippen LogP contribution in [-0.4, -0.2) is 69.4 Å². The molecule has 4 heterocycles. The standard InChI is InChI=1S/C25H34N6O2S/c1-4-11-31(12-5-2)19-8-13-30(14-9-19)17-23(32)28-22-16-20(25-26-10-15-34-25)27-24(29-22)21-7-6-18(3)33-21/h6-7,10,15-16,19H,4-5,8-9,11-14,17H2,1-3H3,(H,27,28,29,32). The van der Waals surface area contributed by atoms with Crippen molar-refractivity contribution in [3.05, 3.63) is 35.5 Å². The predicted molar refractivity (Wildman–Crippen MR) is 136 cm³/mol. The monoisotopic (exact) mass is 482 g/mol. The van der Waals surface area contributed by atoms with E-state index in [1.165, 1.54) is 24.2 Å². The summed E-state index contributed by atoms with van der Waals surface area (Å²) in [5, 5.41) is 5.65. The number of hydrogen-bond acceptors (Lipinski definition) is 8. The molecule has 3 aromatic heterocycles. The number of piperidine rings is 1. The van der Waals surface area contributed by atoms with E-state index in [0.29, 0.717) is 35.7 Å². The highest BCUT2D eigenvalue weighted by Crippen LogP contribution is 2.27. The van der Waals surface area contributed by atoms with Crippen molar-refractivity contribution in [1.82, 2.24) is 24.8 Å². The number of aromatic nitrogens is 3. The van der Waals surface area contributed by atoms with Crippen LogP contribution in [0.25, 0.3) is 22.3 Å². The van der Waals surface area contributed by atoms with E-state index in [1.807, 2.05) is 24.4 Å². The zero-order valence-electron chi connectivity index (χ0n) is 20.3. The van der Waals surface area contributed by atoms with Crippen molar-refractivity contribution >= 4 is 23.1 Å². The molecule has 1 amide bonds. The van der Waals surface area contributed by atoms with Crippen LogP contribution in [0.1, 0.15) is 45.3 Å². The highest BCUT2D eigenvalue weighted by Gasteiger charge is 2.25. The number of carbonyl (C=O) groups excluding carboxylic acids is 1. The van der Waals surface area contributed by atoms with Crippen LogP contribution >= 0.6 is 11.3 Å². The van der Waals surface area contributed by atoms with E-state index in [0.717, 1.165) is 49.8 Å². The van der Waals surface area contributed by atoms with E-state index in [1.54, 1.807) is 12.3 Å². The lowest BCUT2D eigenvalue weighted by Gasteiger charge is -2.38. The third-order valence-electron chi connectivity index (χ3n) is 6.07. The lowest BCUT2D eigenvalue weighted by Crippen LogP contribution is -2.47. The fraction of sp³-hybridized carbons (Fsp3) is 0.520. The normalized spacial score (nSPS) is 15.2. The van der Waals surface area contributed by atoms with Gasteiger partial charge >= 0.3 is 0 Å². The van der Waals surface area contributed by atoms with Crippen LogP contribution in [0, 0.1) is 6.92 Å². The molecule has 0 bridgehead atoms. The summed E-state index contributed by atoms with van der Waals surface area (Å²) < 4.78 is 5.72. The summed E-state index contributed by atoms with van der Waals surface area (Å²) in [6.07, 6.45) is 6.32. The smallest absolute Gasteiger partial charge is 0.239 e. The molecular formula is C25H34N6O2S. The Balaban J connectivity index is 1.40. The second-order valence-electron chi connectivity index (χ2n) is 8.80. The van der Waals surface area contributed by atoms with Crippen LogP contribution in [0.4, 0.5) is 5.82 Å². The second kappa shape index (κ2) is 11.7. The molecule has 9 heteroatoms. The highest BCUT2D eigenvalue weighted by atomic mass is 32.1. The van der Waals surface area contributed by atoms with Crippen LogP contribution < -0.4 is 5.32 Å². The summed E-state index contributed by atoms with van der Waals surface area (Å²) in [5.74, 6) is 2.17. The molecule has 8 nitrogen and oxygen atoms in total. The van der Waals surface area contributed by atoms with Gasteiger partial charge in [0.2, 0.25) is 5.91 Å². The largest absolute Gasteiger partial charge is 0.458 e. The molecule has 1 fully saturated rings. The summed E-state index contributed by atoms with van der Waals surface area (Å²) in [7, 11) is 0. The first kappa shape index (κ1) is 24.5. The Kier molecular flexibility index (Phi) is 8.42. The number of furan rings is 1. The van der Waals surface area contributed by atoms with E-state index < -0.39 is 0 Å². The maximum Gasteiger partial charge on any atom is 0.239 e. The molecule has 0 aliphatic carbocycles. The third kappa shape index (κ3) is 6.28. The average Bonchev–Trinajstić information content (AvgIpc) is 3.51. The number of rotatable bonds is 10. The number of hydrogen-bond donors (Lipinski definition) is 1. The van der Waals surface area contributed by atoms with Crippen molar-refractivity contribution in [1.29, 1.82) is 0 Å². The SMILES string of the molecule is CCCN(CCC)C1CCN(CC(=O)Nc2cc(-c3nccs3)nc(-c3ccc(C)o3)n2)CC1. The number of likely N-dealkylation sites (tertiary alicyclic amines) is 1. The molecule has 34 heavy (non-hydrogen) atoms. The van der Waals surface area contributed by atoms with Gasteiger partial charge in [0.15, 0.2) is 11.6 Å². The molecule has 1 N–H and O–H groups in total. The Hall–Kier alpha value is -2.62. The first-order valence-electron chi connectivity index (χ1n) is 12.2. The number of nitrogens with zero attached hydrogens (tertiary/aromatic N) is 5. The lowest BCUT2D eigenvalue weighted by molar-refractivity contribution is -0.117. The minimum atomic E-state index is -0.0669. The van der Waals surface area contributed by atoms with Crippen LogP contribution in [0.5, 0.6) is 0 Å². The molecule has 3 aromatic rings. The van der Waals surface area contributed by atoms with E-state index in [4.69, 9.17) is 4.42 Å². The Morgan fingerprint density at radius 2 is 1.97 bits per heavy atom. The van der Waals surface area contributed by atoms with Gasteiger partial charge in [-0.3, -0.25) is 9.69 Å². The van der Waals surface area contributed by atoms with E-state index in [2.05, 4.69) is 43.9 Å². The van der Waals surface area contributed by atoms with E-state index >= 15 is 0 Å². The van der Waals surface area contributed by atoms with E-state index in [-0.39, 0.29) is 5.91 Å². The van der Waals surface area contributed by atoms with Crippen molar-refractivity contribution in [3.63, 3.8) is 0 Å². The van der Waals surface area contributed by atoms with Gasteiger partial charge in [0, 0.05) is 36.8 Å². The second-order valence-corrected chi connectivity index (χ2v) is 9.70. The molecule has 1 aliphatic heterocycles. The summed E-state index contributed by atoms with van der Waals surface area (Å²) in [6, 6.07) is 6.11. The summed E-state index contributed by atoms with van der Waals surface area (Å²) >= 11 is 1.49. The number of thiazole rings is 1. The Morgan fingerprint density at radius 1 is 1.21 bits per heavy atom. The van der Waals surface area contributed by atoms with Gasteiger partial charge in [-0.15, -0.1) is 11.3 Å². The Bertz CT molecular complexity index is 1050. The number of nitrogens with one attached hydrogen (secondary N) is 1. The Morgan fingerprint density at radius 3 is 2.59 bits per heavy atom. The molecule has 0 saturated carbocycles. The van der Waals surface area contributed by atoms with Gasteiger partial charge in [0.05, 0.1) is 6.54 Å². The Labute approximate surface area is 205 Å². The predicted octanol–water partition coefficient (Wildman–Crippen LogP) is 4.69. The van der Waals surface area contributed by atoms with Crippen molar-refractivity contribution in [2.24, 2.45) is 0 Å². The molecule has 0 aromatic carbocycles. The van der Waals surface area contributed by atoms with Crippen LogP contribution in [0.15, 0.2) is 34.2 Å². The molecule has 1 aliphatic rings. The maximum atomic E-state index is 12.9. The van der Waals surface area contributed by atoms with Gasteiger partial charge in [-0.2, -0.15) is 0 Å². The summed E-state index contributed by atoms with van der Waals surface area (Å²) in [6.45, 7) is 10.9. The van der Waals surface area contributed by atoms with Gasteiger partial charge in [-0.25, -0.2) is 15.0 Å². The molecule has 182 valence electrons. The fourth-order valence-electron chi connectivity index (χ4n) is 4.52. The zero-order valence-corrected chi connectivity index (χ0v) is 21.1. The van der Waals surface area contributed by atoms with Crippen molar-refractivity contribution in [2.45, 2.75) is 52.5 Å². The van der Waals surface area contributed by atoms with Crippen molar-refractivity contribution in [3.8, 4) is 22.3 Å². The number of amides is 1. The van der Waals surface area contributed by atoms with Gasteiger partial charge < -0.3 is 14.6 Å². The minimum Gasteiger partial charge on any atom is -0.458 e. The number of carbonyl (C=O) groups is 1. The molecule has 0 unspecified atom stereocenters. The first-order valence-corrected chi connectivity index (χ1v) is 13.1. The number of aryl methyl sites for hydroxylation is 1. The highest BCUT2D eigenvalue weighted by molar-refractivity contribution is 7.13. The van der Waals surface area contributed by atoms with Crippen molar-refractivity contribution in [2.75, 3.05) is 38.0 Å². The van der Waals surface area contributed by atoms with Gasteiger partial charge in [0.25, 0.3) is 0 Å².